The molecule has 1 atom stereocenters. The largest absolute Gasteiger partial charge is 0.481 e. The lowest BCUT2D eigenvalue weighted by Crippen LogP contribution is -2.30. The Hall–Kier alpha value is -2.96. The summed E-state index contributed by atoms with van der Waals surface area (Å²) in [6, 6.07) is 11.1. The Labute approximate surface area is 125 Å². The van der Waals surface area contributed by atoms with Gasteiger partial charge in [0.2, 0.25) is 0 Å². The zero-order valence-corrected chi connectivity index (χ0v) is 11.7. The molecule has 0 aliphatic heterocycles. The van der Waals surface area contributed by atoms with Crippen LogP contribution >= 0.6 is 0 Å². The minimum Gasteiger partial charge on any atom is -0.481 e. The summed E-state index contributed by atoms with van der Waals surface area (Å²) < 4.78 is 18.8. The molecule has 6 nitrogen and oxygen atoms in total. The van der Waals surface area contributed by atoms with Crippen molar-refractivity contribution >= 4 is 17.3 Å². The highest BCUT2D eigenvalue weighted by molar-refractivity contribution is 5.94. The number of non-ortho nitro benzene ring substituents is 1. The lowest BCUT2D eigenvalue weighted by Gasteiger charge is -2.14. The zero-order chi connectivity index (χ0) is 16.1. The number of benzene rings is 2. The predicted molar refractivity (Wildman–Crippen MR) is 78.2 cm³/mol. The molecular formula is C15H13FN2O4. The quantitative estimate of drug-likeness (QED) is 0.679. The first-order valence-corrected chi connectivity index (χ1v) is 6.44. The van der Waals surface area contributed by atoms with E-state index >= 15 is 0 Å². The van der Waals surface area contributed by atoms with E-state index in [9.17, 15) is 19.3 Å². The van der Waals surface area contributed by atoms with Crippen molar-refractivity contribution in [2.45, 2.75) is 13.0 Å². The van der Waals surface area contributed by atoms with Crippen LogP contribution in [0.2, 0.25) is 0 Å². The highest BCUT2D eigenvalue weighted by atomic mass is 19.1. The van der Waals surface area contributed by atoms with E-state index in [2.05, 4.69) is 5.32 Å². The first kappa shape index (κ1) is 15.4. The van der Waals surface area contributed by atoms with Crippen LogP contribution in [0.4, 0.5) is 15.8 Å². The predicted octanol–water partition coefficient (Wildman–Crippen LogP) is 3.14. The van der Waals surface area contributed by atoms with Gasteiger partial charge in [-0.1, -0.05) is 12.1 Å². The van der Waals surface area contributed by atoms with Crippen molar-refractivity contribution in [3.05, 3.63) is 64.5 Å². The Kier molecular flexibility index (Phi) is 4.67. The van der Waals surface area contributed by atoms with Crippen LogP contribution in [0.3, 0.4) is 0 Å². The highest BCUT2D eigenvalue weighted by Gasteiger charge is 2.16. The number of halogens is 1. The fourth-order valence-electron chi connectivity index (χ4n) is 1.70. The maximum Gasteiger partial charge on any atom is 0.269 e. The maximum absolute atomic E-state index is 13.4. The average molecular weight is 304 g/mol. The summed E-state index contributed by atoms with van der Waals surface area (Å²) in [6.45, 7) is 1.50. The van der Waals surface area contributed by atoms with Crippen molar-refractivity contribution in [1.29, 1.82) is 0 Å². The molecule has 0 aliphatic carbocycles. The van der Waals surface area contributed by atoms with Crippen molar-refractivity contribution in [3.8, 4) is 5.75 Å². The van der Waals surface area contributed by atoms with Gasteiger partial charge in [0.25, 0.3) is 11.6 Å². The van der Waals surface area contributed by atoms with Crippen LogP contribution in [-0.2, 0) is 4.79 Å². The third-order valence-electron chi connectivity index (χ3n) is 2.86. The van der Waals surface area contributed by atoms with Crippen LogP contribution in [-0.4, -0.2) is 16.9 Å². The maximum atomic E-state index is 13.4. The van der Waals surface area contributed by atoms with Gasteiger partial charge in [0, 0.05) is 12.1 Å². The topological polar surface area (TPSA) is 81.5 Å². The normalized spacial score (nSPS) is 11.5. The summed E-state index contributed by atoms with van der Waals surface area (Å²) in [4.78, 5) is 21.9. The number of nitrogens with one attached hydrogen (secondary N) is 1. The molecule has 0 aliphatic rings. The van der Waals surface area contributed by atoms with Crippen molar-refractivity contribution in [2.75, 3.05) is 5.32 Å². The summed E-state index contributed by atoms with van der Waals surface area (Å²) >= 11 is 0. The van der Waals surface area contributed by atoms with Crippen molar-refractivity contribution in [2.24, 2.45) is 0 Å². The number of nitro groups is 1. The molecule has 0 unspecified atom stereocenters. The number of rotatable bonds is 5. The Balaban J connectivity index is 1.99. The van der Waals surface area contributed by atoms with Crippen LogP contribution in [0.25, 0.3) is 0 Å². The molecule has 0 bridgehead atoms. The molecule has 1 N–H and O–H groups in total. The van der Waals surface area contributed by atoms with Crippen LogP contribution < -0.4 is 10.1 Å². The number of nitrogens with zero attached hydrogens (tertiary/aromatic N) is 1. The number of nitro benzene ring substituents is 1. The van der Waals surface area contributed by atoms with E-state index in [0.717, 1.165) is 0 Å². The smallest absolute Gasteiger partial charge is 0.269 e. The Morgan fingerprint density at radius 1 is 1.23 bits per heavy atom. The molecule has 1 amide bonds. The minimum absolute atomic E-state index is 0.0617. The second kappa shape index (κ2) is 6.66. The lowest BCUT2D eigenvalue weighted by molar-refractivity contribution is -0.384. The number of anilines is 1. The first-order chi connectivity index (χ1) is 10.5. The lowest BCUT2D eigenvalue weighted by atomic mass is 10.2. The molecule has 0 radical (unpaired) electrons. The van der Waals surface area contributed by atoms with Crippen LogP contribution in [0, 0.1) is 15.9 Å². The fraction of sp³-hybridized carbons (Fsp3) is 0.133. The summed E-state index contributed by atoms with van der Waals surface area (Å²) in [5.74, 6) is -0.761. The number of hydrogen-bond acceptors (Lipinski definition) is 4. The van der Waals surface area contributed by atoms with E-state index in [-0.39, 0.29) is 11.4 Å². The van der Waals surface area contributed by atoms with E-state index in [1.807, 2.05) is 0 Å². The molecule has 0 saturated heterocycles. The zero-order valence-electron chi connectivity index (χ0n) is 11.7. The number of amides is 1. The molecule has 0 fully saturated rings. The fourth-order valence-corrected chi connectivity index (χ4v) is 1.70. The standard InChI is InChI=1S/C15H13FN2O4/c1-10(15(19)17-14-5-3-2-4-13(14)16)22-12-8-6-11(7-9-12)18(20)21/h2-10H,1H3,(H,17,19)/t10-/m0/s1. The molecule has 0 aromatic heterocycles. The summed E-state index contributed by atoms with van der Waals surface area (Å²) in [7, 11) is 0. The van der Waals surface area contributed by atoms with E-state index in [0.29, 0.717) is 5.75 Å². The van der Waals surface area contributed by atoms with Gasteiger partial charge in [0.1, 0.15) is 11.6 Å². The number of carbonyl (C=O) groups excluding carboxylic acids is 1. The van der Waals surface area contributed by atoms with Gasteiger partial charge >= 0.3 is 0 Å². The van der Waals surface area contributed by atoms with Gasteiger partial charge in [0.15, 0.2) is 6.10 Å². The van der Waals surface area contributed by atoms with Gasteiger partial charge in [-0.25, -0.2) is 4.39 Å². The van der Waals surface area contributed by atoms with Crippen molar-refractivity contribution in [1.82, 2.24) is 0 Å². The van der Waals surface area contributed by atoms with Gasteiger partial charge in [0.05, 0.1) is 10.6 Å². The van der Waals surface area contributed by atoms with E-state index in [1.54, 1.807) is 6.07 Å². The molecule has 2 rings (SSSR count). The Bertz CT molecular complexity index is 688. The van der Waals surface area contributed by atoms with E-state index in [4.69, 9.17) is 4.74 Å². The molecule has 22 heavy (non-hydrogen) atoms. The van der Waals surface area contributed by atoms with Crippen LogP contribution in [0.15, 0.2) is 48.5 Å². The highest BCUT2D eigenvalue weighted by Crippen LogP contribution is 2.19. The second-order valence-electron chi connectivity index (χ2n) is 4.48. The average Bonchev–Trinajstić information content (AvgIpc) is 2.50. The van der Waals surface area contributed by atoms with Crippen LogP contribution in [0.1, 0.15) is 6.92 Å². The molecular weight excluding hydrogens is 291 g/mol. The van der Waals surface area contributed by atoms with Crippen LogP contribution in [0.5, 0.6) is 5.75 Å². The SMILES string of the molecule is C[C@H](Oc1ccc([N+](=O)[O-])cc1)C(=O)Nc1ccccc1F. The molecule has 0 heterocycles. The minimum atomic E-state index is -0.888. The Morgan fingerprint density at radius 3 is 2.45 bits per heavy atom. The Morgan fingerprint density at radius 2 is 1.86 bits per heavy atom. The third kappa shape index (κ3) is 3.78. The number of ether oxygens (including phenoxy) is 1. The van der Waals surface area contributed by atoms with Gasteiger partial charge in [-0.3, -0.25) is 14.9 Å². The molecule has 114 valence electrons. The van der Waals surface area contributed by atoms with Gasteiger partial charge < -0.3 is 10.1 Å². The molecule has 2 aromatic carbocycles. The van der Waals surface area contributed by atoms with Gasteiger partial charge in [-0.15, -0.1) is 0 Å². The monoisotopic (exact) mass is 304 g/mol. The third-order valence-corrected chi connectivity index (χ3v) is 2.86. The van der Waals surface area contributed by atoms with Crippen molar-refractivity contribution < 1.29 is 18.8 Å². The molecule has 0 saturated carbocycles. The molecule has 2 aromatic rings. The summed E-state index contributed by atoms with van der Waals surface area (Å²) in [6.07, 6.45) is -0.888. The van der Waals surface area contributed by atoms with Gasteiger partial charge in [-0.2, -0.15) is 0 Å². The van der Waals surface area contributed by atoms with Gasteiger partial charge in [-0.05, 0) is 31.2 Å². The summed E-state index contributed by atoms with van der Waals surface area (Å²) in [5, 5.41) is 13.0. The van der Waals surface area contributed by atoms with E-state index < -0.39 is 22.8 Å². The van der Waals surface area contributed by atoms with E-state index in [1.165, 1.54) is 49.4 Å². The molecule has 0 spiro atoms. The van der Waals surface area contributed by atoms with Crippen molar-refractivity contribution in [3.63, 3.8) is 0 Å². The number of para-hydroxylation sites is 1. The second-order valence-corrected chi connectivity index (χ2v) is 4.48. The number of hydrogen-bond donors (Lipinski definition) is 1. The number of carbonyl (C=O) groups is 1. The molecule has 7 heteroatoms. The first-order valence-electron chi connectivity index (χ1n) is 6.44. The summed E-state index contributed by atoms with van der Waals surface area (Å²) in [5.41, 5.74) is -0.0116.